The first-order valence-corrected chi connectivity index (χ1v) is 21.3. The summed E-state index contributed by atoms with van der Waals surface area (Å²) in [6.45, 7) is 1.92. The molecule has 1 aromatic carbocycles. The molecule has 0 aliphatic carbocycles. The van der Waals surface area contributed by atoms with E-state index in [1.165, 1.54) is 107 Å². The third-order valence-corrected chi connectivity index (χ3v) is 10.9. The van der Waals surface area contributed by atoms with Crippen LogP contribution in [0.5, 0.6) is 5.75 Å². The van der Waals surface area contributed by atoms with Crippen molar-refractivity contribution >= 4 is 19.0 Å². The summed E-state index contributed by atoms with van der Waals surface area (Å²) in [6, 6.07) is 15.6. The topological polar surface area (TPSA) is 191 Å². The zero-order chi connectivity index (χ0) is 38.7. The average Bonchev–Trinajstić information content (AvgIpc) is 3.72. The summed E-state index contributed by atoms with van der Waals surface area (Å²) in [6.07, 6.45) is 16.6. The Labute approximate surface area is 320 Å². The fourth-order valence-electron chi connectivity index (χ4n) is 6.79. The number of ether oxygens (including phenoxy) is 3. The van der Waals surface area contributed by atoms with Crippen LogP contribution in [0.25, 0.3) is 5.52 Å². The van der Waals surface area contributed by atoms with Gasteiger partial charge in [0.2, 0.25) is 5.60 Å². The lowest BCUT2D eigenvalue weighted by Crippen LogP contribution is -2.41. The Kier molecular flexibility index (Phi) is 18.7. The van der Waals surface area contributed by atoms with Gasteiger partial charge in [-0.2, -0.15) is 10.4 Å². The molecule has 0 radical (unpaired) electrons. The maximum atomic E-state index is 13.0. The van der Waals surface area contributed by atoms with Gasteiger partial charge < -0.3 is 35.1 Å². The molecule has 300 valence electrons. The maximum Gasteiger partial charge on any atom is 0.472 e. The fraction of sp³-hybridized carbons (Fsp3) is 0.650. The quantitative estimate of drug-likeness (QED) is 0.0418. The Morgan fingerprint density at radius 3 is 2.11 bits per heavy atom. The summed E-state index contributed by atoms with van der Waals surface area (Å²) in [5.41, 5.74) is 4.95. The van der Waals surface area contributed by atoms with E-state index >= 15 is 0 Å². The van der Waals surface area contributed by atoms with Crippen LogP contribution in [0, 0.1) is 11.3 Å². The van der Waals surface area contributed by atoms with Crippen molar-refractivity contribution in [1.29, 1.82) is 5.26 Å². The third kappa shape index (κ3) is 13.3. The molecule has 4 rings (SSSR count). The first-order chi connectivity index (χ1) is 26.2. The third-order valence-electron chi connectivity index (χ3n) is 9.91. The number of phosphoric acid groups is 1. The number of hydrogen-bond donors (Lipinski definition) is 4. The molecule has 13 nitrogen and oxygen atoms in total. The van der Waals surface area contributed by atoms with Gasteiger partial charge in [-0.05, 0) is 36.8 Å². The van der Waals surface area contributed by atoms with Gasteiger partial charge in [0.1, 0.15) is 36.2 Å². The lowest BCUT2D eigenvalue weighted by Gasteiger charge is -2.24. The normalized spacial score (nSPS) is 21.6. The molecule has 1 saturated heterocycles. The predicted molar refractivity (Wildman–Crippen MR) is 207 cm³/mol. The maximum absolute atomic E-state index is 13.0. The van der Waals surface area contributed by atoms with Crippen molar-refractivity contribution in [2.24, 2.45) is 0 Å². The number of benzene rings is 1. The van der Waals surface area contributed by atoms with Gasteiger partial charge in [0, 0.05) is 12.8 Å². The van der Waals surface area contributed by atoms with Crippen molar-refractivity contribution in [2.45, 2.75) is 140 Å². The molecule has 0 amide bonds. The summed E-state index contributed by atoms with van der Waals surface area (Å²) < 4.78 is 42.5. The van der Waals surface area contributed by atoms with Gasteiger partial charge in [0.15, 0.2) is 0 Å². The minimum absolute atomic E-state index is 0.124. The van der Waals surface area contributed by atoms with E-state index in [0.717, 1.165) is 12.8 Å². The standard InChI is InChI=1S/C40H61N4O9P/c1-2-3-4-5-6-7-8-9-10-11-12-13-14-15-16-20-27-49-28-33(52-32-21-18-17-19-22-32)29-50-54(47,48)51-30-36-38(45)39(46)40(31-41,53-36)37-24-23-35-34(42)25-26-43-44(35)37/h17-19,21-26,33,36,38-39,45-46H,2-16,20,27-30,42H2,1H3,(H,47,48)/t33-,36+,38+,39+,40-/m0/s1. The summed E-state index contributed by atoms with van der Waals surface area (Å²) in [4.78, 5) is 10.5. The molecule has 0 saturated carbocycles. The Morgan fingerprint density at radius 2 is 1.50 bits per heavy atom. The molecular weight excluding hydrogens is 711 g/mol. The molecule has 3 heterocycles. The number of rotatable bonds is 28. The molecule has 1 aliphatic rings. The molecule has 0 bridgehead atoms. The van der Waals surface area contributed by atoms with E-state index < -0.39 is 44.4 Å². The number of nitrogen functional groups attached to an aromatic ring is 1. The summed E-state index contributed by atoms with van der Waals surface area (Å²) in [7, 11) is -4.71. The highest BCUT2D eigenvalue weighted by molar-refractivity contribution is 7.47. The van der Waals surface area contributed by atoms with Crippen LogP contribution in [-0.2, 0) is 28.7 Å². The highest BCUT2D eigenvalue weighted by atomic mass is 31.2. The largest absolute Gasteiger partial charge is 0.486 e. The van der Waals surface area contributed by atoms with Crippen molar-refractivity contribution < 1.29 is 42.9 Å². The molecule has 3 aromatic rings. The number of phosphoric ester groups is 1. The van der Waals surface area contributed by atoms with Crippen molar-refractivity contribution in [3.8, 4) is 11.8 Å². The van der Waals surface area contributed by atoms with Gasteiger partial charge in [-0.25, -0.2) is 9.08 Å². The number of unbranched alkanes of at least 4 members (excludes halogenated alkanes) is 15. The smallest absolute Gasteiger partial charge is 0.472 e. The Bertz CT molecular complexity index is 1590. The van der Waals surface area contributed by atoms with Gasteiger partial charge in [-0.15, -0.1) is 0 Å². The monoisotopic (exact) mass is 772 g/mol. The molecule has 1 unspecified atom stereocenters. The number of hydrogen-bond acceptors (Lipinski definition) is 11. The van der Waals surface area contributed by atoms with Crippen LogP contribution in [0.3, 0.4) is 0 Å². The van der Waals surface area contributed by atoms with E-state index in [4.69, 9.17) is 29.0 Å². The van der Waals surface area contributed by atoms with Gasteiger partial charge in [0.05, 0.1) is 36.7 Å². The van der Waals surface area contributed by atoms with Crippen LogP contribution in [-0.4, -0.2) is 75.6 Å². The number of aliphatic hydroxyl groups is 2. The van der Waals surface area contributed by atoms with E-state index in [1.807, 2.05) is 24.3 Å². The van der Waals surface area contributed by atoms with Crippen molar-refractivity contribution in [1.82, 2.24) is 9.61 Å². The Morgan fingerprint density at radius 1 is 0.889 bits per heavy atom. The average molecular weight is 773 g/mol. The minimum Gasteiger partial charge on any atom is -0.486 e. The summed E-state index contributed by atoms with van der Waals surface area (Å²) >= 11 is 0. The number of aromatic nitrogens is 2. The van der Waals surface area contributed by atoms with Gasteiger partial charge in [0.25, 0.3) is 0 Å². The van der Waals surface area contributed by atoms with Crippen LogP contribution >= 0.6 is 7.82 Å². The van der Waals surface area contributed by atoms with Crippen molar-refractivity contribution in [3.63, 3.8) is 0 Å². The van der Waals surface area contributed by atoms with E-state index in [-0.39, 0.29) is 18.9 Å². The fourth-order valence-corrected chi connectivity index (χ4v) is 7.56. The molecule has 6 atom stereocenters. The molecule has 1 fully saturated rings. The second kappa shape index (κ2) is 23.1. The lowest BCUT2D eigenvalue weighted by molar-refractivity contribution is -0.0651. The Hall–Kier alpha value is -3.05. The van der Waals surface area contributed by atoms with Crippen LogP contribution in [0.1, 0.15) is 115 Å². The van der Waals surface area contributed by atoms with E-state index in [0.29, 0.717) is 23.6 Å². The summed E-state index contributed by atoms with van der Waals surface area (Å²) in [5.74, 6) is 0.546. The van der Waals surface area contributed by atoms with Crippen LogP contribution < -0.4 is 10.5 Å². The zero-order valence-corrected chi connectivity index (χ0v) is 32.7. The molecule has 1 aliphatic heterocycles. The second-order valence-electron chi connectivity index (χ2n) is 14.2. The summed E-state index contributed by atoms with van der Waals surface area (Å²) in [5, 5.41) is 36.1. The zero-order valence-electron chi connectivity index (χ0n) is 31.8. The van der Waals surface area contributed by atoms with Crippen molar-refractivity contribution in [3.05, 3.63) is 60.4 Å². The Balaban J connectivity index is 1.15. The lowest BCUT2D eigenvalue weighted by atomic mass is 9.92. The first-order valence-electron chi connectivity index (χ1n) is 19.8. The van der Waals surface area contributed by atoms with Crippen LogP contribution in [0.2, 0.25) is 0 Å². The van der Waals surface area contributed by atoms with Gasteiger partial charge in [-0.1, -0.05) is 121 Å². The molecule has 54 heavy (non-hydrogen) atoms. The molecule has 0 spiro atoms. The molecular formula is C40H61N4O9P. The molecule has 5 N–H and O–H groups in total. The van der Waals surface area contributed by atoms with Gasteiger partial charge in [-0.3, -0.25) is 9.05 Å². The number of nitriles is 1. The SMILES string of the molecule is CCCCCCCCCCCCCCCCCCOC[C@@H](COP(=O)(O)OC[C@H]1O[C@@](C#N)(c2ccc3c(N)ccnn23)[C@H](O)[C@@H]1O)Oc1ccccc1. The number of nitrogens with zero attached hydrogens (tertiary/aromatic N) is 3. The van der Waals surface area contributed by atoms with Crippen LogP contribution in [0.4, 0.5) is 5.69 Å². The highest BCUT2D eigenvalue weighted by Crippen LogP contribution is 2.46. The second-order valence-corrected chi connectivity index (χ2v) is 15.7. The minimum atomic E-state index is -4.71. The predicted octanol–water partition coefficient (Wildman–Crippen LogP) is 7.62. The first kappa shape index (κ1) is 43.7. The molecule has 2 aromatic heterocycles. The molecule has 14 heteroatoms. The van der Waals surface area contributed by atoms with E-state index in [1.54, 1.807) is 24.3 Å². The number of aliphatic hydroxyl groups excluding tert-OH is 2. The van der Waals surface area contributed by atoms with Gasteiger partial charge >= 0.3 is 7.82 Å². The van der Waals surface area contributed by atoms with E-state index in [9.17, 15) is 24.9 Å². The number of anilines is 1. The number of para-hydroxylation sites is 1. The van der Waals surface area contributed by atoms with E-state index in [2.05, 4.69) is 12.0 Å². The number of fused-ring (bicyclic) bond motifs is 1. The van der Waals surface area contributed by atoms with Crippen LogP contribution in [0.15, 0.2) is 54.7 Å². The van der Waals surface area contributed by atoms with Crippen molar-refractivity contribution in [2.75, 3.05) is 32.2 Å². The highest BCUT2D eigenvalue weighted by Gasteiger charge is 2.58. The number of nitrogens with two attached hydrogens (primary N) is 1.